The van der Waals surface area contributed by atoms with Crippen molar-refractivity contribution in [1.82, 2.24) is 19.6 Å². The van der Waals surface area contributed by atoms with Gasteiger partial charge in [-0.05, 0) is 6.07 Å². The number of halogens is 2. The zero-order chi connectivity index (χ0) is 18.8. The summed E-state index contributed by atoms with van der Waals surface area (Å²) in [4.78, 5) is 27.3. The minimum absolute atomic E-state index is 0.0459. The fourth-order valence-corrected chi connectivity index (χ4v) is 2.99. The monoisotopic (exact) mass is 364 g/mol. The predicted octanol–water partition coefficient (Wildman–Crippen LogP) is 1.35. The summed E-state index contributed by atoms with van der Waals surface area (Å²) in [6.07, 6.45) is 1.39. The molecule has 0 radical (unpaired) electrons. The SMILES string of the molecule is Cn1cc(C(=O)N2CCN(Cc3cccc(F)c3F)CC2)c(C(=O)O)n1. The first kappa shape index (κ1) is 18.0. The highest BCUT2D eigenvalue weighted by atomic mass is 19.2. The fraction of sp³-hybridized carbons (Fsp3) is 0.353. The summed E-state index contributed by atoms with van der Waals surface area (Å²) >= 11 is 0. The Labute approximate surface area is 148 Å². The molecule has 0 bridgehead atoms. The molecule has 1 N–H and O–H groups in total. The third kappa shape index (κ3) is 3.57. The number of aromatic carboxylic acids is 1. The Kier molecular flexibility index (Phi) is 4.99. The number of amides is 1. The Morgan fingerprint density at radius 2 is 1.88 bits per heavy atom. The first-order chi connectivity index (χ1) is 12.4. The van der Waals surface area contributed by atoms with Crippen LogP contribution in [0.1, 0.15) is 26.4 Å². The van der Waals surface area contributed by atoms with Crippen LogP contribution in [0.15, 0.2) is 24.4 Å². The summed E-state index contributed by atoms with van der Waals surface area (Å²) in [5, 5.41) is 13.0. The summed E-state index contributed by atoms with van der Waals surface area (Å²) in [7, 11) is 1.55. The Morgan fingerprint density at radius 3 is 2.54 bits per heavy atom. The van der Waals surface area contributed by atoms with Gasteiger partial charge in [-0.25, -0.2) is 13.6 Å². The number of hydrogen-bond acceptors (Lipinski definition) is 4. The Bertz CT molecular complexity index is 845. The highest BCUT2D eigenvalue weighted by Gasteiger charge is 2.28. The van der Waals surface area contributed by atoms with Crippen molar-refractivity contribution in [2.24, 2.45) is 7.05 Å². The van der Waals surface area contributed by atoms with Gasteiger partial charge >= 0.3 is 5.97 Å². The minimum Gasteiger partial charge on any atom is -0.476 e. The first-order valence-corrected chi connectivity index (χ1v) is 8.08. The molecule has 3 rings (SSSR count). The number of rotatable bonds is 4. The molecule has 1 aromatic carbocycles. The Morgan fingerprint density at radius 1 is 1.19 bits per heavy atom. The standard InChI is InChI=1S/C17H18F2N4O3/c1-21-10-12(15(20-21)17(25)26)16(24)23-7-5-22(6-8-23)9-11-3-2-4-13(18)14(11)19/h2-4,10H,5-9H2,1H3,(H,25,26). The number of benzene rings is 1. The molecule has 1 aliphatic rings. The number of hydrogen-bond donors (Lipinski definition) is 1. The van der Waals surface area contributed by atoms with Crippen LogP contribution in [-0.2, 0) is 13.6 Å². The van der Waals surface area contributed by atoms with Crippen molar-refractivity contribution in [3.8, 4) is 0 Å². The quantitative estimate of drug-likeness (QED) is 0.886. The van der Waals surface area contributed by atoms with Crippen LogP contribution < -0.4 is 0 Å². The van der Waals surface area contributed by atoms with E-state index < -0.39 is 23.5 Å². The highest BCUT2D eigenvalue weighted by Crippen LogP contribution is 2.17. The minimum atomic E-state index is -1.26. The van der Waals surface area contributed by atoms with Gasteiger partial charge in [0.05, 0.1) is 5.56 Å². The van der Waals surface area contributed by atoms with Crippen molar-refractivity contribution in [3.63, 3.8) is 0 Å². The molecular weight excluding hydrogens is 346 g/mol. The average Bonchev–Trinajstić information content (AvgIpc) is 3.01. The van der Waals surface area contributed by atoms with Gasteiger partial charge in [-0.15, -0.1) is 0 Å². The van der Waals surface area contributed by atoms with E-state index in [1.54, 1.807) is 11.9 Å². The molecule has 138 valence electrons. The van der Waals surface area contributed by atoms with Crippen molar-refractivity contribution in [2.45, 2.75) is 6.54 Å². The van der Waals surface area contributed by atoms with E-state index in [-0.39, 0.29) is 23.4 Å². The third-order valence-electron chi connectivity index (χ3n) is 4.35. The lowest BCUT2D eigenvalue weighted by molar-refractivity contribution is 0.0606. The van der Waals surface area contributed by atoms with Crippen LogP contribution >= 0.6 is 0 Å². The van der Waals surface area contributed by atoms with Crippen LogP contribution in [0.3, 0.4) is 0 Å². The first-order valence-electron chi connectivity index (χ1n) is 8.08. The molecule has 7 nitrogen and oxygen atoms in total. The van der Waals surface area contributed by atoms with Gasteiger partial charge in [0.15, 0.2) is 17.3 Å². The summed E-state index contributed by atoms with van der Waals surface area (Å²) in [6, 6.07) is 4.07. The van der Waals surface area contributed by atoms with Crippen LogP contribution in [0.4, 0.5) is 8.78 Å². The van der Waals surface area contributed by atoms with E-state index in [1.807, 2.05) is 4.90 Å². The van der Waals surface area contributed by atoms with E-state index in [2.05, 4.69) is 5.10 Å². The van der Waals surface area contributed by atoms with Crippen molar-refractivity contribution < 1.29 is 23.5 Å². The molecule has 9 heteroatoms. The molecule has 0 saturated carbocycles. The molecule has 1 aliphatic heterocycles. The van der Waals surface area contributed by atoms with Gasteiger partial charge in [0.2, 0.25) is 0 Å². The summed E-state index contributed by atoms with van der Waals surface area (Å²) in [5.74, 6) is -3.39. The number of aryl methyl sites for hydroxylation is 1. The molecule has 26 heavy (non-hydrogen) atoms. The Hall–Kier alpha value is -2.81. The van der Waals surface area contributed by atoms with E-state index in [9.17, 15) is 18.4 Å². The summed E-state index contributed by atoms with van der Waals surface area (Å²) in [5.41, 5.74) is 0.0385. The second kappa shape index (κ2) is 7.20. The number of aromatic nitrogens is 2. The number of carbonyl (C=O) groups excluding carboxylic acids is 1. The molecule has 1 aromatic heterocycles. The van der Waals surface area contributed by atoms with Crippen molar-refractivity contribution in [1.29, 1.82) is 0 Å². The smallest absolute Gasteiger partial charge is 0.357 e. The molecule has 0 aliphatic carbocycles. The molecule has 0 spiro atoms. The summed E-state index contributed by atoms with van der Waals surface area (Å²) < 4.78 is 28.4. The fourth-order valence-electron chi connectivity index (χ4n) is 2.99. The molecule has 0 unspecified atom stereocenters. The van der Waals surface area contributed by atoms with Crippen LogP contribution in [0.2, 0.25) is 0 Å². The van der Waals surface area contributed by atoms with Gasteiger partial charge in [0.25, 0.3) is 5.91 Å². The van der Waals surface area contributed by atoms with Crippen molar-refractivity contribution >= 4 is 11.9 Å². The number of carboxylic acid groups (broad SMARTS) is 1. The van der Waals surface area contributed by atoms with E-state index >= 15 is 0 Å². The lowest BCUT2D eigenvalue weighted by Gasteiger charge is -2.34. The molecule has 1 amide bonds. The van der Waals surface area contributed by atoms with Crippen molar-refractivity contribution in [3.05, 3.63) is 52.9 Å². The van der Waals surface area contributed by atoms with Crippen LogP contribution in [0.25, 0.3) is 0 Å². The van der Waals surface area contributed by atoms with E-state index in [0.717, 1.165) is 6.07 Å². The van der Waals surface area contributed by atoms with Crippen LogP contribution in [-0.4, -0.2) is 62.7 Å². The average molecular weight is 364 g/mol. The lowest BCUT2D eigenvalue weighted by Crippen LogP contribution is -2.48. The van der Waals surface area contributed by atoms with E-state index in [4.69, 9.17) is 5.11 Å². The maximum atomic E-state index is 13.8. The maximum Gasteiger partial charge on any atom is 0.357 e. The van der Waals surface area contributed by atoms with Gasteiger partial charge < -0.3 is 10.0 Å². The molecule has 1 saturated heterocycles. The highest BCUT2D eigenvalue weighted by molar-refractivity contribution is 6.03. The lowest BCUT2D eigenvalue weighted by atomic mass is 10.1. The largest absolute Gasteiger partial charge is 0.476 e. The molecule has 2 heterocycles. The van der Waals surface area contributed by atoms with Gasteiger partial charge in [-0.3, -0.25) is 14.4 Å². The van der Waals surface area contributed by atoms with Crippen LogP contribution in [0.5, 0.6) is 0 Å². The van der Waals surface area contributed by atoms with E-state index in [0.29, 0.717) is 26.2 Å². The summed E-state index contributed by atoms with van der Waals surface area (Å²) in [6.45, 7) is 1.93. The van der Waals surface area contributed by atoms with Gasteiger partial charge in [0, 0.05) is 51.5 Å². The maximum absolute atomic E-state index is 13.8. The third-order valence-corrected chi connectivity index (χ3v) is 4.35. The predicted molar refractivity (Wildman–Crippen MR) is 87.7 cm³/mol. The van der Waals surface area contributed by atoms with Crippen LogP contribution in [0, 0.1) is 11.6 Å². The van der Waals surface area contributed by atoms with Gasteiger partial charge in [-0.1, -0.05) is 12.1 Å². The number of nitrogens with zero attached hydrogens (tertiary/aromatic N) is 4. The number of piperazine rings is 1. The zero-order valence-corrected chi connectivity index (χ0v) is 14.2. The normalized spacial score (nSPS) is 15.3. The molecule has 1 fully saturated rings. The molecule has 0 atom stereocenters. The molecular formula is C17H18F2N4O3. The van der Waals surface area contributed by atoms with E-state index in [1.165, 1.54) is 23.0 Å². The second-order valence-electron chi connectivity index (χ2n) is 6.15. The zero-order valence-electron chi connectivity index (χ0n) is 14.2. The van der Waals surface area contributed by atoms with Gasteiger partial charge in [-0.2, -0.15) is 5.10 Å². The molecule has 2 aromatic rings. The topological polar surface area (TPSA) is 78.7 Å². The number of carbonyl (C=O) groups is 2. The Balaban J connectivity index is 1.64. The van der Waals surface area contributed by atoms with Gasteiger partial charge in [0.1, 0.15) is 0 Å². The van der Waals surface area contributed by atoms with Crippen molar-refractivity contribution in [2.75, 3.05) is 26.2 Å². The number of carboxylic acids is 1. The second-order valence-corrected chi connectivity index (χ2v) is 6.15.